The fraction of sp³-hybridized carbons (Fsp3) is 0.310. The molecule has 0 N–H and O–H groups in total. The largest absolute Gasteiger partial charge is 0.380 e. The lowest BCUT2D eigenvalue weighted by atomic mass is 9.77. The van der Waals surface area contributed by atoms with Gasteiger partial charge in [-0.25, -0.2) is 8.42 Å². The summed E-state index contributed by atoms with van der Waals surface area (Å²) in [7, 11) is -0.192. The van der Waals surface area contributed by atoms with Gasteiger partial charge in [0.2, 0.25) is 10.0 Å². The summed E-state index contributed by atoms with van der Waals surface area (Å²) in [6.45, 7) is 3.77. The fourth-order valence-corrected chi connectivity index (χ4v) is 6.93. The van der Waals surface area contributed by atoms with Crippen LogP contribution in [0.2, 0.25) is 0 Å². The van der Waals surface area contributed by atoms with E-state index in [4.69, 9.17) is 9.47 Å². The summed E-state index contributed by atoms with van der Waals surface area (Å²) in [4.78, 5) is 0.344. The molecule has 0 radical (unpaired) electrons. The SMILES string of the molecule is COCC1=C(COC)C(c2cccc3ccccc23)=C2CN(S(=O)(=O)c3ccc(C)cc3)CC2C1. The van der Waals surface area contributed by atoms with Crippen LogP contribution in [0.1, 0.15) is 17.5 Å². The Labute approximate surface area is 207 Å². The molecule has 3 aromatic carbocycles. The van der Waals surface area contributed by atoms with Gasteiger partial charge in [-0.2, -0.15) is 4.31 Å². The molecule has 2 aliphatic rings. The molecule has 35 heavy (non-hydrogen) atoms. The van der Waals surface area contributed by atoms with Crippen LogP contribution in [0.25, 0.3) is 16.3 Å². The minimum Gasteiger partial charge on any atom is -0.380 e. The Morgan fingerprint density at radius 2 is 1.63 bits per heavy atom. The molecule has 5 rings (SSSR count). The van der Waals surface area contributed by atoms with E-state index >= 15 is 0 Å². The molecule has 5 nitrogen and oxygen atoms in total. The summed E-state index contributed by atoms with van der Waals surface area (Å²) in [6, 6.07) is 21.8. The van der Waals surface area contributed by atoms with Crippen LogP contribution < -0.4 is 0 Å². The molecule has 1 aliphatic carbocycles. The molecule has 0 bridgehead atoms. The Balaban J connectivity index is 1.67. The van der Waals surface area contributed by atoms with E-state index in [1.54, 1.807) is 30.7 Å². The van der Waals surface area contributed by atoms with Crippen molar-refractivity contribution in [1.82, 2.24) is 4.31 Å². The maximum atomic E-state index is 13.6. The van der Waals surface area contributed by atoms with E-state index in [1.807, 2.05) is 25.1 Å². The Bertz CT molecular complexity index is 1420. The molecule has 1 unspecified atom stereocenters. The number of aryl methyl sites for hydroxylation is 1. The van der Waals surface area contributed by atoms with Crippen LogP contribution in [-0.2, 0) is 19.5 Å². The van der Waals surface area contributed by atoms with Crippen molar-refractivity contribution >= 4 is 26.4 Å². The van der Waals surface area contributed by atoms with Gasteiger partial charge in [0.15, 0.2) is 0 Å². The van der Waals surface area contributed by atoms with Crippen molar-refractivity contribution in [3.05, 3.63) is 94.6 Å². The Morgan fingerprint density at radius 3 is 2.37 bits per heavy atom. The third kappa shape index (κ3) is 4.36. The predicted molar refractivity (Wildman–Crippen MR) is 140 cm³/mol. The standard InChI is InChI=1S/C29H31NO4S/c1-20-11-13-24(14-12-20)35(31,32)30-16-22-15-23(18-33-2)28(19-34-3)29(27(22)17-30)26-10-6-8-21-7-4-5-9-25(21)26/h4-14,22H,15-19H2,1-3H3. The lowest BCUT2D eigenvalue weighted by Crippen LogP contribution is -2.29. The molecule has 6 heteroatoms. The van der Waals surface area contributed by atoms with Crippen molar-refractivity contribution in [2.45, 2.75) is 18.2 Å². The molecule has 1 saturated heterocycles. The third-order valence-electron chi connectivity index (χ3n) is 7.13. The minimum absolute atomic E-state index is 0.106. The minimum atomic E-state index is -3.60. The summed E-state index contributed by atoms with van der Waals surface area (Å²) in [5, 5.41) is 2.32. The first-order chi connectivity index (χ1) is 16.9. The Kier molecular flexibility index (Phi) is 6.64. The van der Waals surface area contributed by atoms with Crippen LogP contribution in [0.3, 0.4) is 0 Å². The molecular formula is C29H31NO4S. The second kappa shape index (κ2) is 9.70. The second-order valence-electron chi connectivity index (χ2n) is 9.39. The van der Waals surface area contributed by atoms with E-state index < -0.39 is 10.0 Å². The molecule has 1 fully saturated rings. The summed E-state index contributed by atoms with van der Waals surface area (Å²) in [5.41, 5.74) is 6.75. The van der Waals surface area contributed by atoms with Crippen molar-refractivity contribution in [3.63, 3.8) is 0 Å². The number of sulfonamides is 1. The molecule has 1 heterocycles. The molecular weight excluding hydrogens is 458 g/mol. The normalized spacial score (nSPS) is 19.0. The Morgan fingerprint density at radius 1 is 0.914 bits per heavy atom. The first-order valence-electron chi connectivity index (χ1n) is 11.9. The van der Waals surface area contributed by atoms with E-state index in [2.05, 4.69) is 36.4 Å². The second-order valence-corrected chi connectivity index (χ2v) is 11.3. The van der Waals surface area contributed by atoms with E-state index in [0.29, 0.717) is 31.2 Å². The predicted octanol–water partition coefficient (Wildman–Crippen LogP) is 5.22. The van der Waals surface area contributed by atoms with Crippen LogP contribution in [0.5, 0.6) is 0 Å². The first kappa shape index (κ1) is 23.9. The zero-order valence-electron chi connectivity index (χ0n) is 20.5. The summed E-state index contributed by atoms with van der Waals surface area (Å²) in [5.74, 6) is 0.106. The summed E-state index contributed by atoms with van der Waals surface area (Å²) >= 11 is 0. The van der Waals surface area contributed by atoms with E-state index in [1.165, 1.54) is 11.1 Å². The van der Waals surface area contributed by atoms with Crippen LogP contribution in [0, 0.1) is 12.8 Å². The smallest absolute Gasteiger partial charge is 0.243 e. The van der Waals surface area contributed by atoms with Gasteiger partial charge >= 0.3 is 0 Å². The Hall–Kier alpha value is -2.77. The number of benzene rings is 3. The molecule has 1 aliphatic heterocycles. The maximum Gasteiger partial charge on any atom is 0.243 e. The van der Waals surface area contributed by atoms with E-state index in [-0.39, 0.29) is 5.92 Å². The molecule has 1 atom stereocenters. The highest BCUT2D eigenvalue weighted by atomic mass is 32.2. The van der Waals surface area contributed by atoms with Gasteiger partial charge in [-0.3, -0.25) is 0 Å². The van der Waals surface area contributed by atoms with Gasteiger partial charge in [-0.15, -0.1) is 0 Å². The summed E-state index contributed by atoms with van der Waals surface area (Å²) < 4.78 is 40.1. The van der Waals surface area contributed by atoms with Gasteiger partial charge in [-0.1, -0.05) is 60.2 Å². The van der Waals surface area contributed by atoms with Gasteiger partial charge in [0.05, 0.1) is 18.1 Å². The van der Waals surface area contributed by atoms with Gasteiger partial charge < -0.3 is 9.47 Å². The van der Waals surface area contributed by atoms with Gasteiger partial charge in [-0.05, 0) is 70.0 Å². The van der Waals surface area contributed by atoms with Crippen molar-refractivity contribution in [3.8, 4) is 0 Å². The average molecular weight is 490 g/mol. The molecule has 0 amide bonds. The molecule has 182 valence electrons. The number of hydrogen-bond acceptors (Lipinski definition) is 4. The van der Waals surface area contributed by atoms with Crippen LogP contribution in [0.4, 0.5) is 0 Å². The quantitative estimate of drug-likeness (QED) is 0.457. The number of hydrogen-bond donors (Lipinski definition) is 0. The monoisotopic (exact) mass is 489 g/mol. The lowest BCUT2D eigenvalue weighted by Gasteiger charge is -2.29. The summed E-state index contributed by atoms with van der Waals surface area (Å²) in [6.07, 6.45) is 0.774. The van der Waals surface area contributed by atoms with Crippen molar-refractivity contribution < 1.29 is 17.9 Å². The first-order valence-corrected chi connectivity index (χ1v) is 13.3. The topological polar surface area (TPSA) is 55.8 Å². The number of rotatable bonds is 7. The fourth-order valence-electron chi connectivity index (χ4n) is 5.46. The highest BCUT2D eigenvalue weighted by Crippen LogP contribution is 2.46. The van der Waals surface area contributed by atoms with E-state index in [0.717, 1.165) is 39.5 Å². The van der Waals surface area contributed by atoms with Crippen LogP contribution in [-0.4, -0.2) is 53.2 Å². The third-order valence-corrected chi connectivity index (χ3v) is 8.96. The van der Waals surface area contributed by atoms with Gasteiger partial charge in [0, 0.05) is 27.3 Å². The van der Waals surface area contributed by atoms with Crippen LogP contribution in [0.15, 0.2) is 88.3 Å². The zero-order valence-corrected chi connectivity index (χ0v) is 21.3. The highest BCUT2D eigenvalue weighted by Gasteiger charge is 2.41. The number of methoxy groups -OCH3 is 2. The van der Waals surface area contributed by atoms with Crippen molar-refractivity contribution in [2.24, 2.45) is 5.92 Å². The zero-order chi connectivity index (χ0) is 24.6. The molecule has 3 aromatic rings. The lowest BCUT2D eigenvalue weighted by molar-refractivity contribution is 0.208. The molecule has 0 aromatic heterocycles. The molecule has 0 saturated carbocycles. The van der Waals surface area contributed by atoms with Gasteiger partial charge in [0.25, 0.3) is 0 Å². The molecule has 0 spiro atoms. The van der Waals surface area contributed by atoms with Crippen LogP contribution >= 0.6 is 0 Å². The van der Waals surface area contributed by atoms with Crippen molar-refractivity contribution in [2.75, 3.05) is 40.5 Å². The number of fused-ring (bicyclic) bond motifs is 2. The maximum absolute atomic E-state index is 13.6. The van der Waals surface area contributed by atoms with E-state index in [9.17, 15) is 8.42 Å². The highest BCUT2D eigenvalue weighted by molar-refractivity contribution is 7.89. The number of ether oxygens (including phenoxy) is 2. The number of nitrogens with zero attached hydrogens (tertiary/aromatic N) is 1. The average Bonchev–Trinajstić information content (AvgIpc) is 3.29. The van der Waals surface area contributed by atoms with Gasteiger partial charge in [0.1, 0.15) is 0 Å². The van der Waals surface area contributed by atoms with Crippen molar-refractivity contribution in [1.29, 1.82) is 0 Å².